The molecule has 124 valence electrons. The van der Waals surface area contributed by atoms with Crippen LogP contribution in [0, 0.1) is 0 Å². The highest BCUT2D eigenvalue weighted by Gasteiger charge is 2.34. The Kier molecular flexibility index (Phi) is 3.46. The van der Waals surface area contributed by atoms with Crippen molar-refractivity contribution in [3.8, 4) is 0 Å². The third-order valence-electron chi connectivity index (χ3n) is 3.53. The molecule has 0 spiro atoms. The molecule has 0 bridgehead atoms. The van der Waals surface area contributed by atoms with Gasteiger partial charge in [0.1, 0.15) is 9.81 Å². The van der Waals surface area contributed by atoms with E-state index in [9.17, 15) is 26.4 Å². The Morgan fingerprint density at radius 1 is 0.792 bits per heavy atom. The molecule has 2 aliphatic carbocycles. The van der Waals surface area contributed by atoms with Gasteiger partial charge in [0.25, 0.3) is 0 Å². The Hall–Kier alpha value is -2.40. The van der Waals surface area contributed by atoms with Crippen molar-refractivity contribution in [3.05, 3.63) is 44.7 Å². The van der Waals surface area contributed by atoms with Crippen LogP contribution in [0.2, 0.25) is 0 Å². The van der Waals surface area contributed by atoms with Crippen LogP contribution in [0.25, 0.3) is 23.1 Å². The van der Waals surface area contributed by atoms with Crippen LogP contribution in [-0.4, -0.2) is 28.4 Å². The summed E-state index contributed by atoms with van der Waals surface area (Å²) in [5.41, 5.74) is 0.607. The molecule has 0 saturated heterocycles. The highest BCUT2D eigenvalue weighted by Crippen LogP contribution is 2.21. The maximum atomic E-state index is 12.3. The topological polar surface area (TPSA) is 154 Å². The first kappa shape index (κ1) is 16.5. The van der Waals surface area contributed by atoms with E-state index in [2.05, 4.69) is 0 Å². The van der Waals surface area contributed by atoms with Crippen LogP contribution in [0.1, 0.15) is 11.1 Å². The van der Waals surface area contributed by atoms with Gasteiger partial charge in [-0.05, 0) is 46.7 Å². The van der Waals surface area contributed by atoms with E-state index in [0.29, 0.717) is 10.8 Å². The zero-order valence-corrected chi connectivity index (χ0v) is 13.5. The van der Waals surface area contributed by atoms with E-state index in [0.717, 1.165) is 6.08 Å². The minimum absolute atomic E-state index is 0.0407. The number of sulfonamides is 2. The number of Topliss-reactive ketones (excluding diaryl/α,β-unsaturated/α-hetero) is 1. The first-order valence-electron chi connectivity index (χ1n) is 6.42. The van der Waals surface area contributed by atoms with E-state index in [-0.39, 0.29) is 16.6 Å². The zero-order chi connectivity index (χ0) is 17.9. The van der Waals surface area contributed by atoms with Gasteiger partial charge in [-0.3, -0.25) is 9.59 Å². The van der Waals surface area contributed by atoms with Crippen molar-refractivity contribution in [2.45, 2.75) is 0 Å². The molecule has 0 amide bonds. The molecule has 0 unspecified atom stereocenters. The average Bonchev–Trinajstić information content (AvgIpc) is 2.42. The van der Waals surface area contributed by atoms with Crippen LogP contribution in [0.3, 0.4) is 0 Å². The lowest BCUT2D eigenvalue weighted by atomic mass is 9.97. The second kappa shape index (κ2) is 5.05. The fraction of sp³-hybridized carbons (Fsp3) is 0. The van der Waals surface area contributed by atoms with Crippen LogP contribution < -0.4 is 20.7 Å². The Bertz CT molecular complexity index is 1220. The van der Waals surface area contributed by atoms with Crippen molar-refractivity contribution in [2.75, 3.05) is 0 Å². The highest BCUT2D eigenvalue weighted by molar-refractivity contribution is 8.00. The normalized spacial score (nSPS) is 17.1. The molecule has 0 aliphatic heterocycles. The summed E-state index contributed by atoms with van der Waals surface area (Å²) in [5, 5.41) is 10.5. The van der Waals surface area contributed by atoms with Gasteiger partial charge in [0.15, 0.2) is 5.78 Å². The summed E-state index contributed by atoms with van der Waals surface area (Å²) in [5.74, 6) is -1.56. The number of hydrogen-bond acceptors (Lipinski definition) is 6. The molecule has 2 aliphatic rings. The summed E-state index contributed by atoms with van der Waals surface area (Å²) in [6.07, 6.45) is 5.01. The van der Waals surface area contributed by atoms with Crippen LogP contribution in [0.5, 0.6) is 0 Å². The number of nitrogens with two attached hydrogens (primary N) is 2. The summed E-state index contributed by atoms with van der Waals surface area (Å²) in [6, 6.07) is 2.76. The summed E-state index contributed by atoms with van der Waals surface area (Å²) >= 11 is 0. The minimum atomic E-state index is -4.51. The number of primary sulfonamides is 2. The van der Waals surface area contributed by atoms with Crippen molar-refractivity contribution in [1.29, 1.82) is 0 Å². The van der Waals surface area contributed by atoms with Gasteiger partial charge < -0.3 is 0 Å². The molecule has 1 aromatic carbocycles. The quantitative estimate of drug-likeness (QED) is 0.598. The lowest BCUT2D eigenvalue weighted by molar-refractivity contribution is -0.110. The molecule has 1 aromatic rings. The molecule has 10 heteroatoms. The van der Waals surface area contributed by atoms with E-state index in [1.807, 2.05) is 0 Å². The minimum Gasteiger partial charge on any atom is -0.290 e. The number of carbonyl (C=O) groups excluding carboxylic acids is 2. The van der Waals surface area contributed by atoms with Gasteiger partial charge in [-0.1, -0.05) is 6.08 Å². The fourth-order valence-electron chi connectivity index (χ4n) is 2.54. The standard InChI is InChI=1S/C14H10N2O6S2/c15-23(19,20)12-6-9-3-8-4-10(17)2-1-7(8)5-11(9)14(13(12)18)24(16,21)22/h1-6H,(H2,15,19,20)(H2,16,21,22). The van der Waals surface area contributed by atoms with Crippen LogP contribution in [-0.2, 0) is 29.6 Å². The van der Waals surface area contributed by atoms with Gasteiger partial charge in [0.05, 0.1) is 0 Å². The van der Waals surface area contributed by atoms with Crippen LogP contribution in [0.4, 0.5) is 0 Å². The number of allylic oxidation sites excluding steroid dienone is 2. The summed E-state index contributed by atoms with van der Waals surface area (Å²) < 4.78 is 46.8. The van der Waals surface area contributed by atoms with Crippen molar-refractivity contribution < 1.29 is 26.4 Å². The predicted octanol–water partition coefficient (Wildman–Crippen LogP) is -2.33. The molecule has 8 nitrogen and oxygen atoms in total. The second-order valence-corrected chi connectivity index (χ2v) is 8.23. The Morgan fingerprint density at radius 3 is 2.04 bits per heavy atom. The maximum Gasteiger partial charge on any atom is 0.242 e. The fourth-order valence-corrected chi connectivity index (χ4v) is 4.11. The predicted molar refractivity (Wildman–Crippen MR) is 86.8 cm³/mol. The molecule has 24 heavy (non-hydrogen) atoms. The molecular weight excluding hydrogens is 356 g/mol. The van der Waals surface area contributed by atoms with E-state index in [1.165, 1.54) is 30.4 Å². The molecule has 0 fully saturated rings. The van der Waals surface area contributed by atoms with Gasteiger partial charge in [0.2, 0.25) is 25.8 Å². The monoisotopic (exact) mass is 366 g/mol. The first-order chi connectivity index (χ1) is 11.0. The Labute approximate surface area is 136 Å². The third-order valence-corrected chi connectivity index (χ3v) is 5.42. The number of rotatable bonds is 2. The molecule has 0 saturated carbocycles. The number of fused-ring (bicyclic) bond motifs is 2. The van der Waals surface area contributed by atoms with Crippen LogP contribution >= 0.6 is 0 Å². The number of hydrogen-bond donors (Lipinski definition) is 2. The lowest BCUT2D eigenvalue weighted by Crippen LogP contribution is -2.36. The lowest BCUT2D eigenvalue weighted by Gasteiger charge is -2.15. The first-order valence-corrected chi connectivity index (χ1v) is 9.52. The molecule has 0 atom stereocenters. The molecule has 4 N–H and O–H groups in total. The molecule has 0 heterocycles. The second-order valence-electron chi connectivity index (χ2n) is 5.21. The van der Waals surface area contributed by atoms with Gasteiger partial charge in [-0.25, -0.2) is 27.1 Å². The van der Waals surface area contributed by atoms with Gasteiger partial charge >= 0.3 is 0 Å². The third kappa shape index (κ3) is 2.65. The molecule has 3 rings (SSSR count). The molecule has 0 aromatic heterocycles. The van der Waals surface area contributed by atoms with Crippen molar-refractivity contribution in [2.24, 2.45) is 10.3 Å². The Balaban J connectivity index is 2.53. The Morgan fingerprint density at radius 2 is 1.46 bits per heavy atom. The van der Waals surface area contributed by atoms with Gasteiger partial charge in [-0.15, -0.1) is 0 Å². The largest absolute Gasteiger partial charge is 0.290 e. The van der Waals surface area contributed by atoms with Crippen molar-refractivity contribution in [1.82, 2.24) is 0 Å². The average molecular weight is 366 g/mol. The van der Waals surface area contributed by atoms with Gasteiger partial charge in [0, 0.05) is 5.22 Å². The summed E-state index contributed by atoms with van der Waals surface area (Å²) in [4.78, 5) is 22.0. The maximum absolute atomic E-state index is 12.3. The van der Waals surface area contributed by atoms with Crippen molar-refractivity contribution >= 4 is 54.7 Å². The van der Waals surface area contributed by atoms with E-state index in [1.54, 1.807) is 0 Å². The molecule has 0 radical (unpaired) electrons. The van der Waals surface area contributed by atoms with E-state index < -0.39 is 35.6 Å². The smallest absolute Gasteiger partial charge is 0.242 e. The summed E-state index contributed by atoms with van der Waals surface area (Å²) in [7, 11) is -8.98. The zero-order valence-electron chi connectivity index (χ0n) is 11.9. The van der Waals surface area contributed by atoms with Gasteiger partial charge in [-0.2, -0.15) is 0 Å². The number of benzene rings is 1. The van der Waals surface area contributed by atoms with Crippen LogP contribution in [0.15, 0.2) is 23.1 Å². The highest BCUT2D eigenvalue weighted by atomic mass is 32.2. The number of ketones is 2. The number of carbonyl (C=O) groups is 2. The van der Waals surface area contributed by atoms with E-state index >= 15 is 0 Å². The van der Waals surface area contributed by atoms with Crippen molar-refractivity contribution in [3.63, 3.8) is 0 Å². The van der Waals surface area contributed by atoms with E-state index in [4.69, 9.17) is 10.3 Å². The SMILES string of the molecule is NS(=O)(=O)C1=Cc2cc3c(cc2=C(S(N)(=O)=O)C1=O)C=CC(=O)C=3. The molecular formula is C14H10N2O6S2. The summed E-state index contributed by atoms with van der Waals surface area (Å²) in [6.45, 7) is 0.